The third-order valence-electron chi connectivity index (χ3n) is 9.65. The lowest BCUT2D eigenvalue weighted by Gasteiger charge is -2.38. The average molecular weight is 663 g/mol. The van der Waals surface area contributed by atoms with Gasteiger partial charge in [-0.3, -0.25) is 4.79 Å². The quantitative estimate of drug-likeness (QED) is 0.149. The number of fused-ring (bicyclic) bond motifs is 1. The summed E-state index contributed by atoms with van der Waals surface area (Å²) in [6.07, 6.45) is 1.18. The van der Waals surface area contributed by atoms with Gasteiger partial charge >= 0.3 is 0 Å². The number of ether oxygens (including phenoxy) is 3. The zero-order valence-electron chi connectivity index (χ0n) is 29.1. The summed E-state index contributed by atoms with van der Waals surface area (Å²) in [7, 11) is 3.91. The molecule has 1 fully saturated rings. The lowest BCUT2D eigenvalue weighted by molar-refractivity contribution is -0.131. The van der Waals surface area contributed by atoms with Crippen LogP contribution < -0.4 is 14.5 Å². The van der Waals surface area contributed by atoms with E-state index < -0.39 is 0 Å². The molecule has 0 spiro atoms. The molecule has 4 aromatic rings. The van der Waals surface area contributed by atoms with Crippen molar-refractivity contribution in [1.29, 1.82) is 0 Å². The summed E-state index contributed by atoms with van der Waals surface area (Å²) in [5, 5.41) is 0. The van der Waals surface area contributed by atoms with Gasteiger partial charge in [0.25, 0.3) is 0 Å². The second kappa shape index (κ2) is 17.3. The van der Waals surface area contributed by atoms with Gasteiger partial charge in [-0.25, -0.2) is 0 Å². The first-order valence-electron chi connectivity index (χ1n) is 17.5. The maximum Gasteiger partial charge on any atom is 0.227 e. The van der Waals surface area contributed by atoms with Crippen molar-refractivity contribution in [1.82, 2.24) is 9.80 Å². The summed E-state index contributed by atoms with van der Waals surface area (Å²) in [6, 6.07) is 33.2. The highest BCUT2D eigenvalue weighted by Gasteiger charge is 2.28. The van der Waals surface area contributed by atoms with Crippen molar-refractivity contribution in [3.8, 4) is 5.75 Å². The minimum atomic E-state index is 0.158. The Kier molecular flexibility index (Phi) is 12.2. The van der Waals surface area contributed by atoms with Crippen molar-refractivity contribution in [2.75, 3.05) is 83.0 Å². The number of piperazine rings is 1. The van der Waals surface area contributed by atoms with Crippen molar-refractivity contribution >= 4 is 17.3 Å². The van der Waals surface area contributed by atoms with E-state index in [1.165, 1.54) is 27.9 Å². The van der Waals surface area contributed by atoms with Crippen LogP contribution in [0, 0.1) is 0 Å². The number of carbonyl (C=O) groups excluding carboxylic acids is 1. The number of nitrogens with zero attached hydrogens (tertiary/aromatic N) is 4. The second-order valence-corrected chi connectivity index (χ2v) is 13.0. The molecule has 8 heteroatoms. The van der Waals surface area contributed by atoms with Gasteiger partial charge in [0.2, 0.25) is 5.91 Å². The molecular formula is C41H50N4O4. The Morgan fingerprint density at radius 2 is 1.31 bits per heavy atom. The van der Waals surface area contributed by atoms with Crippen molar-refractivity contribution in [2.24, 2.45) is 0 Å². The maximum absolute atomic E-state index is 13.7. The van der Waals surface area contributed by atoms with E-state index in [0.717, 1.165) is 62.7 Å². The SMILES string of the molecule is COc1ccc(N2CCN(C)CC2)c2c1CCN(C(=O)Cc1ccc(N(CCOCc3ccccc3)CCOCc3ccccc3)cc1)C2. The van der Waals surface area contributed by atoms with Crippen LogP contribution in [-0.2, 0) is 46.9 Å². The van der Waals surface area contributed by atoms with E-state index in [-0.39, 0.29) is 5.91 Å². The van der Waals surface area contributed by atoms with E-state index in [1.54, 1.807) is 7.11 Å². The van der Waals surface area contributed by atoms with Crippen LogP contribution in [0.25, 0.3) is 0 Å². The fraction of sp³-hybridized carbons (Fsp3) is 0.390. The number of hydrogen-bond donors (Lipinski definition) is 0. The van der Waals surface area contributed by atoms with Gasteiger partial charge in [0.05, 0.1) is 40.0 Å². The van der Waals surface area contributed by atoms with Gasteiger partial charge in [0, 0.05) is 74.9 Å². The summed E-state index contributed by atoms with van der Waals surface area (Å²) in [5.41, 5.74) is 8.17. The molecule has 8 nitrogen and oxygen atoms in total. The Balaban J connectivity index is 1.07. The van der Waals surface area contributed by atoms with Crippen LogP contribution >= 0.6 is 0 Å². The third kappa shape index (κ3) is 9.41. The lowest BCUT2D eigenvalue weighted by atomic mass is 9.95. The van der Waals surface area contributed by atoms with E-state index in [1.807, 2.05) is 41.3 Å². The first-order chi connectivity index (χ1) is 24.1. The van der Waals surface area contributed by atoms with Gasteiger partial charge in [-0.1, -0.05) is 72.8 Å². The molecule has 4 aromatic carbocycles. The minimum Gasteiger partial charge on any atom is -0.496 e. The molecular weight excluding hydrogens is 612 g/mol. The molecule has 49 heavy (non-hydrogen) atoms. The highest BCUT2D eigenvalue weighted by Crippen LogP contribution is 2.36. The summed E-state index contributed by atoms with van der Waals surface area (Å²) < 4.78 is 17.8. The molecule has 2 aliphatic heterocycles. The number of benzene rings is 4. The molecule has 0 unspecified atom stereocenters. The molecule has 0 atom stereocenters. The molecule has 258 valence electrons. The summed E-state index contributed by atoms with van der Waals surface area (Å²) in [4.78, 5) is 22.9. The van der Waals surface area contributed by atoms with Gasteiger partial charge < -0.3 is 33.8 Å². The first kappa shape index (κ1) is 34.5. The number of hydrogen-bond acceptors (Lipinski definition) is 7. The fourth-order valence-electron chi connectivity index (χ4n) is 6.73. The van der Waals surface area contributed by atoms with Gasteiger partial charge in [-0.2, -0.15) is 0 Å². The van der Waals surface area contributed by atoms with Crippen LogP contribution in [0.5, 0.6) is 5.75 Å². The highest BCUT2D eigenvalue weighted by atomic mass is 16.5. The van der Waals surface area contributed by atoms with E-state index in [2.05, 4.69) is 82.4 Å². The number of amides is 1. The predicted octanol–water partition coefficient (Wildman–Crippen LogP) is 5.81. The molecule has 1 saturated heterocycles. The largest absolute Gasteiger partial charge is 0.496 e. The third-order valence-corrected chi connectivity index (χ3v) is 9.65. The molecule has 6 rings (SSSR count). The van der Waals surface area contributed by atoms with Crippen molar-refractivity contribution in [3.63, 3.8) is 0 Å². The lowest BCUT2D eigenvalue weighted by Crippen LogP contribution is -2.45. The summed E-state index contributed by atoms with van der Waals surface area (Å²) in [5.74, 6) is 1.09. The van der Waals surface area contributed by atoms with Crippen molar-refractivity contribution < 1.29 is 19.0 Å². The van der Waals surface area contributed by atoms with Crippen LogP contribution in [-0.4, -0.2) is 88.9 Å². The molecule has 0 N–H and O–H groups in total. The smallest absolute Gasteiger partial charge is 0.227 e. The van der Waals surface area contributed by atoms with Crippen LogP contribution in [0.1, 0.15) is 27.8 Å². The van der Waals surface area contributed by atoms with Crippen LogP contribution in [0.15, 0.2) is 97.1 Å². The molecule has 0 bridgehead atoms. The standard InChI is InChI=1S/C41H50N4O4/c1-42-21-23-44(24-22-42)39-17-18-40(47-2)37-19-20-45(30-38(37)39)41(46)29-33-13-15-36(16-14-33)43(25-27-48-31-34-9-5-3-6-10-34)26-28-49-32-35-11-7-4-8-12-35/h3-18H,19-32H2,1-2H3. The maximum atomic E-state index is 13.7. The van der Waals surface area contributed by atoms with Crippen LogP contribution in [0.2, 0.25) is 0 Å². The molecule has 0 radical (unpaired) electrons. The monoisotopic (exact) mass is 662 g/mol. The van der Waals surface area contributed by atoms with Gasteiger partial charge in [-0.05, 0) is 54.4 Å². The summed E-state index contributed by atoms with van der Waals surface area (Å²) in [6.45, 7) is 9.24. The predicted molar refractivity (Wildman–Crippen MR) is 196 cm³/mol. The van der Waals surface area contributed by atoms with E-state index in [4.69, 9.17) is 14.2 Å². The zero-order chi connectivity index (χ0) is 33.8. The molecule has 0 saturated carbocycles. The highest BCUT2D eigenvalue weighted by molar-refractivity contribution is 5.80. The minimum absolute atomic E-state index is 0.158. The number of rotatable bonds is 15. The molecule has 0 aromatic heterocycles. The Morgan fingerprint density at radius 3 is 1.90 bits per heavy atom. The molecule has 2 aliphatic rings. The van der Waals surface area contributed by atoms with Crippen LogP contribution in [0.3, 0.4) is 0 Å². The second-order valence-electron chi connectivity index (χ2n) is 13.0. The number of carbonyl (C=O) groups is 1. The van der Waals surface area contributed by atoms with Gasteiger partial charge in [-0.15, -0.1) is 0 Å². The fourth-order valence-corrected chi connectivity index (χ4v) is 6.73. The molecule has 0 aliphatic carbocycles. The number of methoxy groups -OCH3 is 1. The Morgan fingerprint density at radius 1 is 0.694 bits per heavy atom. The van der Waals surface area contributed by atoms with E-state index >= 15 is 0 Å². The van der Waals surface area contributed by atoms with Crippen LogP contribution in [0.4, 0.5) is 11.4 Å². The Labute approximate surface area is 291 Å². The summed E-state index contributed by atoms with van der Waals surface area (Å²) >= 11 is 0. The number of anilines is 2. The average Bonchev–Trinajstić information content (AvgIpc) is 3.15. The van der Waals surface area contributed by atoms with Crippen molar-refractivity contribution in [2.45, 2.75) is 32.6 Å². The molecule has 2 heterocycles. The topological polar surface area (TPSA) is 57.7 Å². The van der Waals surface area contributed by atoms with E-state index in [9.17, 15) is 4.79 Å². The normalized spacial score (nSPS) is 14.8. The Hall–Kier alpha value is -4.37. The van der Waals surface area contributed by atoms with Gasteiger partial charge in [0.15, 0.2) is 0 Å². The first-order valence-corrected chi connectivity index (χ1v) is 17.5. The molecule has 1 amide bonds. The van der Waals surface area contributed by atoms with Gasteiger partial charge in [0.1, 0.15) is 5.75 Å². The Bertz CT molecular complexity index is 1560. The van der Waals surface area contributed by atoms with Crippen molar-refractivity contribution in [3.05, 3.63) is 125 Å². The zero-order valence-corrected chi connectivity index (χ0v) is 29.1. The van der Waals surface area contributed by atoms with E-state index in [0.29, 0.717) is 45.9 Å². The number of likely N-dealkylation sites (N-methyl/N-ethyl adjacent to an activating group) is 1.